The molecule has 33 heavy (non-hydrogen) atoms. The van der Waals surface area contributed by atoms with Crippen molar-refractivity contribution in [2.75, 3.05) is 21.5 Å². The number of hydrogen-bond acceptors (Lipinski definition) is 4. The number of nitrogens with zero attached hydrogens (tertiary/aromatic N) is 1. The Balaban J connectivity index is 1.91. The van der Waals surface area contributed by atoms with Crippen molar-refractivity contribution < 1.29 is 18.0 Å². The maximum atomic E-state index is 13.5. The smallest absolute Gasteiger partial charge is 0.264 e. The number of hydrogen-bond donors (Lipinski definition) is 2. The number of carbonyl (C=O) groups is 2. The summed E-state index contributed by atoms with van der Waals surface area (Å²) in [5.41, 5.74) is 2.82. The number of anilines is 3. The standard InChI is InChI=1S/C24H24ClN3O4S/c1-16-7-13-21(14-8-16)33(31,32)28(23-6-4-5-22(25)17(23)2)15-24(30)27-20-11-9-19(10-12-20)26-18(3)29/h4-14H,15H2,1-3H3,(H,26,29)(H,27,30). The average molecular weight is 486 g/mol. The fourth-order valence-electron chi connectivity index (χ4n) is 3.17. The molecule has 0 fully saturated rings. The maximum Gasteiger partial charge on any atom is 0.264 e. The van der Waals surface area contributed by atoms with E-state index < -0.39 is 22.5 Å². The molecule has 3 rings (SSSR count). The van der Waals surface area contributed by atoms with E-state index in [2.05, 4.69) is 10.6 Å². The first-order valence-corrected chi connectivity index (χ1v) is 11.9. The van der Waals surface area contributed by atoms with Gasteiger partial charge in [0.25, 0.3) is 10.0 Å². The zero-order valence-electron chi connectivity index (χ0n) is 18.4. The van der Waals surface area contributed by atoms with Gasteiger partial charge in [0.05, 0.1) is 10.6 Å². The number of amides is 2. The van der Waals surface area contributed by atoms with Crippen molar-refractivity contribution >= 4 is 50.5 Å². The van der Waals surface area contributed by atoms with Gasteiger partial charge in [0.1, 0.15) is 6.54 Å². The first kappa shape index (κ1) is 24.3. The van der Waals surface area contributed by atoms with Crippen LogP contribution in [0.5, 0.6) is 0 Å². The zero-order chi connectivity index (χ0) is 24.2. The Bertz CT molecular complexity index is 1270. The third-order valence-corrected chi connectivity index (χ3v) is 7.08. The summed E-state index contributed by atoms with van der Waals surface area (Å²) in [6.45, 7) is 4.51. The molecule has 2 amide bonds. The van der Waals surface area contributed by atoms with E-state index in [9.17, 15) is 18.0 Å². The third-order valence-electron chi connectivity index (χ3n) is 4.89. The van der Waals surface area contributed by atoms with E-state index in [0.29, 0.717) is 27.6 Å². The molecule has 2 N–H and O–H groups in total. The second kappa shape index (κ2) is 10.1. The number of nitrogens with one attached hydrogen (secondary N) is 2. The topological polar surface area (TPSA) is 95.6 Å². The molecule has 0 aliphatic heterocycles. The SMILES string of the molecule is CC(=O)Nc1ccc(NC(=O)CN(c2cccc(Cl)c2C)S(=O)(=O)c2ccc(C)cc2)cc1. The van der Waals surface area contributed by atoms with E-state index in [1.54, 1.807) is 61.5 Å². The molecule has 9 heteroatoms. The van der Waals surface area contributed by atoms with Crippen LogP contribution in [0.3, 0.4) is 0 Å². The molecule has 0 saturated heterocycles. The summed E-state index contributed by atoms with van der Waals surface area (Å²) < 4.78 is 28.1. The quantitative estimate of drug-likeness (QED) is 0.504. The first-order chi connectivity index (χ1) is 15.6. The van der Waals surface area contributed by atoms with E-state index in [1.165, 1.54) is 19.1 Å². The molecule has 0 saturated carbocycles. The molecule has 3 aromatic rings. The molecular formula is C24H24ClN3O4S. The van der Waals surface area contributed by atoms with E-state index in [-0.39, 0.29) is 10.8 Å². The fourth-order valence-corrected chi connectivity index (χ4v) is 4.82. The van der Waals surface area contributed by atoms with Crippen LogP contribution < -0.4 is 14.9 Å². The Labute approximate surface area is 198 Å². The van der Waals surface area contributed by atoms with Crippen LogP contribution in [-0.4, -0.2) is 26.8 Å². The van der Waals surface area contributed by atoms with Gasteiger partial charge in [0, 0.05) is 23.3 Å². The highest BCUT2D eigenvalue weighted by atomic mass is 35.5. The predicted octanol–water partition coefficient (Wildman–Crippen LogP) is 4.75. The minimum absolute atomic E-state index is 0.0694. The third kappa shape index (κ3) is 5.91. The molecule has 172 valence electrons. The summed E-state index contributed by atoms with van der Waals surface area (Å²) in [4.78, 5) is 24.1. The number of sulfonamides is 1. The predicted molar refractivity (Wildman–Crippen MR) is 131 cm³/mol. The lowest BCUT2D eigenvalue weighted by atomic mass is 10.2. The highest BCUT2D eigenvalue weighted by molar-refractivity contribution is 7.92. The number of rotatable bonds is 7. The number of halogens is 1. The Morgan fingerprint density at radius 2 is 1.45 bits per heavy atom. The second-order valence-corrected chi connectivity index (χ2v) is 9.78. The molecule has 0 unspecified atom stereocenters. The van der Waals surface area contributed by atoms with Gasteiger partial charge in [-0.3, -0.25) is 13.9 Å². The monoisotopic (exact) mass is 485 g/mol. The normalized spacial score (nSPS) is 11.0. The average Bonchev–Trinajstić information content (AvgIpc) is 2.75. The van der Waals surface area contributed by atoms with Crippen LogP contribution in [0.4, 0.5) is 17.1 Å². The summed E-state index contributed by atoms with van der Waals surface area (Å²) in [5, 5.41) is 5.73. The van der Waals surface area contributed by atoms with Gasteiger partial charge in [0.2, 0.25) is 11.8 Å². The van der Waals surface area contributed by atoms with Gasteiger partial charge in [0.15, 0.2) is 0 Å². The van der Waals surface area contributed by atoms with Crippen LogP contribution in [0, 0.1) is 13.8 Å². The second-order valence-electron chi connectivity index (χ2n) is 7.52. The fraction of sp³-hybridized carbons (Fsp3) is 0.167. The molecule has 0 atom stereocenters. The van der Waals surface area contributed by atoms with E-state index in [0.717, 1.165) is 9.87 Å². The van der Waals surface area contributed by atoms with Gasteiger partial charge in [-0.2, -0.15) is 0 Å². The lowest BCUT2D eigenvalue weighted by molar-refractivity contribution is -0.115. The molecule has 3 aromatic carbocycles. The van der Waals surface area contributed by atoms with Crippen LogP contribution in [0.2, 0.25) is 5.02 Å². The molecule has 0 radical (unpaired) electrons. The van der Waals surface area contributed by atoms with E-state index in [4.69, 9.17) is 11.6 Å². The van der Waals surface area contributed by atoms with Gasteiger partial charge >= 0.3 is 0 Å². The van der Waals surface area contributed by atoms with Crippen LogP contribution in [0.15, 0.2) is 71.6 Å². The summed E-state index contributed by atoms with van der Waals surface area (Å²) >= 11 is 6.24. The Morgan fingerprint density at radius 1 is 0.879 bits per heavy atom. The minimum Gasteiger partial charge on any atom is -0.326 e. The van der Waals surface area contributed by atoms with Gasteiger partial charge in [-0.1, -0.05) is 35.4 Å². The van der Waals surface area contributed by atoms with Crippen molar-refractivity contribution in [2.24, 2.45) is 0 Å². The lowest BCUT2D eigenvalue weighted by Crippen LogP contribution is -2.38. The number of benzene rings is 3. The van der Waals surface area contributed by atoms with Crippen LogP contribution in [0.25, 0.3) is 0 Å². The molecule has 0 bridgehead atoms. The Hall–Kier alpha value is -3.36. The van der Waals surface area contributed by atoms with Crippen molar-refractivity contribution in [1.82, 2.24) is 0 Å². The molecule has 0 heterocycles. The molecular weight excluding hydrogens is 462 g/mol. The Morgan fingerprint density at radius 3 is 2.03 bits per heavy atom. The van der Waals surface area contributed by atoms with Crippen molar-refractivity contribution in [3.63, 3.8) is 0 Å². The Kier molecular flexibility index (Phi) is 7.40. The van der Waals surface area contributed by atoms with Crippen LogP contribution in [0.1, 0.15) is 18.1 Å². The molecule has 0 aliphatic rings. The van der Waals surface area contributed by atoms with Gasteiger partial charge in [-0.25, -0.2) is 8.42 Å². The first-order valence-electron chi connectivity index (χ1n) is 10.1. The summed E-state index contributed by atoms with van der Waals surface area (Å²) in [6.07, 6.45) is 0. The van der Waals surface area contributed by atoms with E-state index >= 15 is 0 Å². The van der Waals surface area contributed by atoms with Crippen LogP contribution >= 0.6 is 11.6 Å². The zero-order valence-corrected chi connectivity index (χ0v) is 20.0. The molecule has 0 aliphatic carbocycles. The van der Waals surface area contributed by atoms with E-state index in [1.807, 2.05) is 6.92 Å². The van der Waals surface area contributed by atoms with Gasteiger partial charge in [-0.05, 0) is 67.9 Å². The van der Waals surface area contributed by atoms with Crippen molar-refractivity contribution in [2.45, 2.75) is 25.7 Å². The number of carbonyl (C=O) groups excluding carboxylic acids is 2. The van der Waals surface area contributed by atoms with Crippen molar-refractivity contribution in [3.05, 3.63) is 82.9 Å². The highest BCUT2D eigenvalue weighted by Gasteiger charge is 2.28. The summed E-state index contributed by atoms with van der Waals surface area (Å²) in [5.74, 6) is -0.738. The van der Waals surface area contributed by atoms with Gasteiger partial charge in [-0.15, -0.1) is 0 Å². The van der Waals surface area contributed by atoms with Gasteiger partial charge < -0.3 is 10.6 Å². The maximum absolute atomic E-state index is 13.5. The minimum atomic E-state index is -4.05. The molecule has 0 spiro atoms. The molecule has 0 aromatic heterocycles. The molecule has 7 nitrogen and oxygen atoms in total. The summed E-state index contributed by atoms with van der Waals surface area (Å²) in [6, 6.07) is 17.8. The lowest BCUT2D eigenvalue weighted by Gasteiger charge is -2.26. The summed E-state index contributed by atoms with van der Waals surface area (Å²) in [7, 11) is -4.05. The van der Waals surface area contributed by atoms with Crippen molar-refractivity contribution in [1.29, 1.82) is 0 Å². The highest BCUT2D eigenvalue weighted by Crippen LogP contribution is 2.31. The number of aryl methyl sites for hydroxylation is 1. The largest absolute Gasteiger partial charge is 0.326 e. The van der Waals surface area contributed by atoms with Crippen molar-refractivity contribution in [3.8, 4) is 0 Å². The van der Waals surface area contributed by atoms with Crippen LogP contribution in [-0.2, 0) is 19.6 Å².